The van der Waals surface area contributed by atoms with E-state index in [1.165, 1.54) is 18.8 Å². The van der Waals surface area contributed by atoms with Crippen molar-refractivity contribution in [2.45, 2.75) is 64.2 Å². The van der Waals surface area contributed by atoms with Crippen LogP contribution in [0.3, 0.4) is 0 Å². The average Bonchev–Trinajstić information content (AvgIpc) is 2.91. The molecule has 1 spiro atoms. The molecule has 13 heavy (non-hydrogen) atoms. The van der Waals surface area contributed by atoms with Gasteiger partial charge in [0, 0.05) is 0 Å². The molecule has 0 saturated heterocycles. The molecule has 0 aliphatic heterocycles. The Morgan fingerprint density at radius 3 is 2.08 bits per heavy atom. The fourth-order valence-corrected chi connectivity index (χ4v) is 4.05. The lowest BCUT2D eigenvalue weighted by Crippen LogP contribution is -2.26. The van der Waals surface area contributed by atoms with Crippen LogP contribution in [0.2, 0.25) is 0 Å². The molecule has 3 saturated carbocycles. The minimum absolute atomic E-state index is 0.867. The van der Waals surface area contributed by atoms with Crippen molar-refractivity contribution in [3.8, 4) is 0 Å². The zero-order valence-corrected chi connectivity index (χ0v) is 8.73. The van der Waals surface area contributed by atoms with Crippen molar-refractivity contribution in [2.75, 3.05) is 0 Å². The average molecular weight is 178 g/mol. The minimum Gasteiger partial charge on any atom is -0.0528 e. The molecule has 1 atom stereocenters. The summed E-state index contributed by atoms with van der Waals surface area (Å²) >= 11 is 0. The predicted octanol–water partition coefficient (Wildman–Crippen LogP) is 4.15. The second kappa shape index (κ2) is 3.00. The van der Waals surface area contributed by atoms with Crippen molar-refractivity contribution >= 4 is 0 Å². The fraction of sp³-hybridized carbons (Fsp3) is 1.00. The van der Waals surface area contributed by atoms with Gasteiger partial charge in [0.2, 0.25) is 0 Å². The van der Waals surface area contributed by atoms with Crippen molar-refractivity contribution in [2.24, 2.45) is 17.3 Å². The molecule has 0 N–H and O–H groups in total. The Balaban J connectivity index is 1.68. The lowest BCUT2D eigenvalue weighted by atomic mass is 9.67. The third kappa shape index (κ3) is 1.53. The van der Waals surface area contributed by atoms with Crippen LogP contribution < -0.4 is 0 Å². The van der Waals surface area contributed by atoms with Gasteiger partial charge >= 0.3 is 0 Å². The molecular formula is C13H22. The molecule has 0 heterocycles. The summed E-state index contributed by atoms with van der Waals surface area (Å²) in [5.74, 6) is 2.34. The lowest BCUT2D eigenvalue weighted by molar-refractivity contribution is 0.132. The minimum atomic E-state index is 0.867. The molecule has 0 heteroatoms. The van der Waals surface area contributed by atoms with E-state index in [0.717, 1.165) is 11.3 Å². The van der Waals surface area contributed by atoms with E-state index in [4.69, 9.17) is 0 Å². The summed E-state index contributed by atoms with van der Waals surface area (Å²) in [5, 5.41) is 0. The molecule has 0 aromatic heterocycles. The van der Waals surface area contributed by atoms with Crippen molar-refractivity contribution < 1.29 is 0 Å². The summed E-state index contributed by atoms with van der Waals surface area (Å²) in [6, 6.07) is 0. The first-order valence-corrected chi connectivity index (χ1v) is 6.38. The van der Waals surface area contributed by atoms with Gasteiger partial charge in [-0.15, -0.1) is 0 Å². The van der Waals surface area contributed by atoms with E-state index in [1.807, 2.05) is 0 Å². The summed E-state index contributed by atoms with van der Waals surface area (Å²) < 4.78 is 0. The second-order valence-corrected chi connectivity index (χ2v) is 5.90. The van der Waals surface area contributed by atoms with Crippen LogP contribution in [0.1, 0.15) is 64.2 Å². The molecule has 3 rings (SSSR count). The molecule has 0 aromatic rings. The van der Waals surface area contributed by atoms with E-state index in [1.54, 1.807) is 51.4 Å². The maximum atomic E-state index is 1.62. The zero-order valence-electron chi connectivity index (χ0n) is 8.73. The normalized spacial score (nSPS) is 38.3. The summed E-state index contributed by atoms with van der Waals surface area (Å²) in [4.78, 5) is 0. The Labute approximate surface area is 82.1 Å². The smallest absolute Gasteiger partial charge is 0.0295 e. The molecule has 3 aliphatic carbocycles. The predicted molar refractivity (Wildman–Crippen MR) is 55.6 cm³/mol. The van der Waals surface area contributed by atoms with Gasteiger partial charge in [0.15, 0.2) is 0 Å². The van der Waals surface area contributed by atoms with E-state index >= 15 is 0 Å². The Morgan fingerprint density at radius 2 is 1.38 bits per heavy atom. The van der Waals surface area contributed by atoms with Gasteiger partial charge in [-0.2, -0.15) is 0 Å². The maximum Gasteiger partial charge on any atom is -0.0295 e. The van der Waals surface area contributed by atoms with Crippen LogP contribution in [0.5, 0.6) is 0 Å². The summed E-state index contributed by atoms with van der Waals surface area (Å²) in [5.41, 5.74) is 0.867. The van der Waals surface area contributed by atoms with Gasteiger partial charge in [0.05, 0.1) is 0 Å². The molecule has 0 bridgehead atoms. The van der Waals surface area contributed by atoms with Gasteiger partial charge in [0.25, 0.3) is 0 Å². The highest BCUT2D eigenvalue weighted by Crippen LogP contribution is 2.55. The SMILES string of the molecule is C1CCC2(C1)CCCC(C1CC1)C2. The standard InChI is InChI=1S/C13H22/c1-2-8-13(7-1)9-3-4-12(10-13)11-5-6-11/h11-12H,1-10H2. The van der Waals surface area contributed by atoms with Crippen LogP contribution in [0.15, 0.2) is 0 Å². The van der Waals surface area contributed by atoms with Crippen LogP contribution in [-0.4, -0.2) is 0 Å². The molecular weight excluding hydrogens is 156 g/mol. The van der Waals surface area contributed by atoms with Crippen LogP contribution in [-0.2, 0) is 0 Å². The molecule has 74 valence electrons. The molecule has 3 aliphatic rings. The quantitative estimate of drug-likeness (QED) is 0.566. The fourth-order valence-electron chi connectivity index (χ4n) is 4.05. The van der Waals surface area contributed by atoms with E-state index < -0.39 is 0 Å². The molecule has 3 fully saturated rings. The van der Waals surface area contributed by atoms with Crippen molar-refractivity contribution in [1.82, 2.24) is 0 Å². The first kappa shape index (κ1) is 8.32. The van der Waals surface area contributed by atoms with Crippen LogP contribution >= 0.6 is 0 Å². The summed E-state index contributed by atoms with van der Waals surface area (Å²) in [7, 11) is 0. The van der Waals surface area contributed by atoms with E-state index in [2.05, 4.69) is 0 Å². The van der Waals surface area contributed by atoms with Gasteiger partial charge in [-0.25, -0.2) is 0 Å². The summed E-state index contributed by atoms with van der Waals surface area (Å²) in [6.07, 6.45) is 15.7. The van der Waals surface area contributed by atoms with Crippen LogP contribution in [0, 0.1) is 17.3 Å². The van der Waals surface area contributed by atoms with Gasteiger partial charge in [-0.1, -0.05) is 25.7 Å². The lowest BCUT2D eigenvalue weighted by Gasteiger charge is -2.38. The maximum absolute atomic E-state index is 1.62. The third-order valence-electron chi connectivity index (χ3n) is 4.93. The third-order valence-corrected chi connectivity index (χ3v) is 4.93. The molecule has 0 nitrogen and oxygen atoms in total. The number of hydrogen-bond acceptors (Lipinski definition) is 0. The summed E-state index contributed by atoms with van der Waals surface area (Å²) in [6.45, 7) is 0. The molecule has 1 unspecified atom stereocenters. The highest BCUT2D eigenvalue weighted by molar-refractivity contribution is 4.94. The van der Waals surface area contributed by atoms with Gasteiger partial charge in [-0.3, -0.25) is 0 Å². The second-order valence-electron chi connectivity index (χ2n) is 5.90. The van der Waals surface area contributed by atoms with Crippen LogP contribution in [0.25, 0.3) is 0 Å². The Hall–Kier alpha value is 0. The van der Waals surface area contributed by atoms with E-state index in [-0.39, 0.29) is 0 Å². The largest absolute Gasteiger partial charge is 0.0528 e. The van der Waals surface area contributed by atoms with Crippen LogP contribution in [0.4, 0.5) is 0 Å². The van der Waals surface area contributed by atoms with Crippen molar-refractivity contribution in [3.05, 3.63) is 0 Å². The first-order chi connectivity index (χ1) is 6.38. The zero-order chi connectivity index (χ0) is 8.73. The van der Waals surface area contributed by atoms with Gasteiger partial charge in [0.1, 0.15) is 0 Å². The monoisotopic (exact) mass is 178 g/mol. The highest BCUT2D eigenvalue weighted by atomic mass is 14.5. The molecule has 0 radical (unpaired) electrons. The Bertz CT molecular complexity index is 184. The topological polar surface area (TPSA) is 0 Å². The number of rotatable bonds is 1. The Kier molecular flexibility index (Phi) is 1.92. The van der Waals surface area contributed by atoms with Gasteiger partial charge in [-0.05, 0) is 55.8 Å². The molecule has 0 aromatic carbocycles. The number of hydrogen-bond donors (Lipinski definition) is 0. The first-order valence-electron chi connectivity index (χ1n) is 6.38. The van der Waals surface area contributed by atoms with Crippen molar-refractivity contribution in [3.63, 3.8) is 0 Å². The highest BCUT2D eigenvalue weighted by Gasteiger charge is 2.42. The van der Waals surface area contributed by atoms with E-state index in [0.29, 0.717) is 0 Å². The molecule has 0 amide bonds. The van der Waals surface area contributed by atoms with E-state index in [9.17, 15) is 0 Å². The Morgan fingerprint density at radius 1 is 0.692 bits per heavy atom. The van der Waals surface area contributed by atoms with Crippen molar-refractivity contribution in [1.29, 1.82) is 0 Å². The van der Waals surface area contributed by atoms with Gasteiger partial charge < -0.3 is 0 Å².